The average molecular weight is 411 g/mol. The molecule has 2 aromatic rings. The van der Waals surface area contributed by atoms with Crippen molar-refractivity contribution in [2.45, 2.75) is 29.3 Å². The Labute approximate surface area is 150 Å². The Balaban J connectivity index is 2.10. The van der Waals surface area contributed by atoms with E-state index in [0.717, 1.165) is 18.2 Å². The molecule has 0 heterocycles. The Bertz CT molecular complexity index is 973. The van der Waals surface area contributed by atoms with Crippen LogP contribution in [0.15, 0.2) is 35.2 Å². The van der Waals surface area contributed by atoms with Crippen LogP contribution < -0.4 is 4.74 Å². The number of aliphatic hydroxyl groups is 1. The number of alkyl halides is 3. The van der Waals surface area contributed by atoms with E-state index in [1.54, 1.807) is 0 Å². The number of hydrogen-bond acceptors (Lipinski definition) is 4. The van der Waals surface area contributed by atoms with Crippen molar-refractivity contribution in [3.8, 4) is 11.5 Å². The number of benzene rings is 2. The second-order valence-corrected chi connectivity index (χ2v) is 7.95. The molecule has 1 N–H and O–H groups in total. The lowest BCUT2D eigenvalue weighted by atomic mass is 10.1. The monoisotopic (exact) mass is 410 g/mol. The van der Waals surface area contributed by atoms with Crippen molar-refractivity contribution >= 4 is 21.4 Å². The molecular weight excluding hydrogens is 400 g/mol. The Morgan fingerprint density at radius 2 is 1.88 bits per heavy atom. The highest BCUT2D eigenvalue weighted by molar-refractivity contribution is 7.92. The van der Waals surface area contributed by atoms with Gasteiger partial charge in [0.1, 0.15) is 17.3 Å². The summed E-state index contributed by atoms with van der Waals surface area (Å²) in [5.41, 5.74) is -5.66. The summed E-state index contributed by atoms with van der Waals surface area (Å²) in [6.45, 7) is 0. The molecule has 26 heavy (non-hydrogen) atoms. The van der Waals surface area contributed by atoms with E-state index in [-0.39, 0.29) is 40.5 Å². The number of rotatable bonds is 3. The first-order valence-electron chi connectivity index (χ1n) is 7.30. The number of aliphatic hydroxyl groups excluding tert-OH is 1. The molecule has 1 unspecified atom stereocenters. The van der Waals surface area contributed by atoms with Crippen LogP contribution in [0.25, 0.3) is 0 Å². The van der Waals surface area contributed by atoms with Crippen molar-refractivity contribution in [3.05, 3.63) is 52.3 Å². The Kier molecular flexibility index (Phi) is 4.66. The molecule has 0 radical (unpaired) electrons. The molecule has 0 amide bonds. The molecule has 3 rings (SSSR count). The van der Waals surface area contributed by atoms with Gasteiger partial charge in [-0.3, -0.25) is 0 Å². The third-order valence-electron chi connectivity index (χ3n) is 3.99. The SMILES string of the molecule is O=S(=O)(c1ccc(Oc2ccc(F)c(Cl)c2)c2c1C(O)CC2)C(F)(F)F. The number of halogens is 5. The fourth-order valence-electron chi connectivity index (χ4n) is 2.79. The fraction of sp³-hybridized carbons (Fsp3) is 0.250. The molecule has 1 aliphatic rings. The van der Waals surface area contributed by atoms with Gasteiger partial charge in [-0.2, -0.15) is 13.2 Å². The summed E-state index contributed by atoms with van der Waals surface area (Å²) in [5.74, 6) is -0.488. The molecule has 0 saturated carbocycles. The van der Waals surface area contributed by atoms with E-state index < -0.39 is 32.2 Å². The summed E-state index contributed by atoms with van der Waals surface area (Å²) < 4.78 is 81.0. The third-order valence-corrected chi connectivity index (χ3v) is 5.82. The smallest absolute Gasteiger partial charge is 0.457 e. The van der Waals surface area contributed by atoms with Gasteiger partial charge in [0.15, 0.2) is 0 Å². The topological polar surface area (TPSA) is 63.6 Å². The van der Waals surface area contributed by atoms with Gasteiger partial charge in [-0.1, -0.05) is 11.6 Å². The lowest BCUT2D eigenvalue weighted by molar-refractivity contribution is -0.0437. The van der Waals surface area contributed by atoms with Crippen molar-refractivity contribution in [2.75, 3.05) is 0 Å². The second-order valence-electron chi connectivity index (χ2n) is 5.64. The summed E-state index contributed by atoms with van der Waals surface area (Å²) in [7, 11) is -5.62. The average Bonchev–Trinajstić information content (AvgIpc) is 2.93. The van der Waals surface area contributed by atoms with E-state index in [2.05, 4.69) is 0 Å². The zero-order valence-electron chi connectivity index (χ0n) is 12.8. The summed E-state index contributed by atoms with van der Waals surface area (Å²) in [5, 5.41) is 9.79. The van der Waals surface area contributed by atoms with Crippen molar-refractivity contribution in [1.29, 1.82) is 0 Å². The van der Waals surface area contributed by atoms with Gasteiger partial charge in [-0.15, -0.1) is 0 Å². The van der Waals surface area contributed by atoms with Gasteiger partial charge in [0.25, 0.3) is 9.84 Å². The molecule has 140 valence electrons. The van der Waals surface area contributed by atoms with Gasteiger partial charge in [0.05, 0.1) is 16.0 Å². The maximum Gasteiger partial charge on any atom is 0.501 e. The van der Waals surface area contributed by atoms with Gasteiger partial charge < -0.3 is 9.84 Å². The number of sulfone groups is 1. The van der Waals surface area contributed by atoms with Gasteiger partial charge in [-0.05, 0) is 37.1 Å². The zero-order chi connectivity index (χ0) is 19.3. The van der Waals surface area contributed by atoms with Crippen LogP contribution in [-0.2, 0) is 16.3 Å². The zero-order valence-corrected chi connectivity index (χ0v) is 14.4. The highest BCUT2D eigenvalue weighted by Gasteiger charge is 2.49. The summed E-state index contributed by atoms with van der Waals surface area (Å²) >= 11 is 5.66. The van der Waals surface area contributed by atoms with Crippen LogP contribution in [0.3, 0.4) is 0 Å². The van der Waals surface area contributed by atoms with Gasteiger partial charge in [0.2, 0.25) is 0 Å². The van der Waals surface area contributed by atoms with Gasteiger partial charge >= 0.3 is 5.51 Å². The second kappa shape index (κ2) is 6.40. The first kappa shape index (κ1) is 18.9. The highest BCUT2D eigenvalue weighted by Crippen LogP contribution is 2.45. The standard InChI is InChI=1S/C16H11ClF4O4S/c17-10-7-8(1-3-11(10)18)25-13-5-6-14(26(23,24)16(19,20)21)15-9(13)2-4-12(15)22/h1,3,5-7,12,22H,2,4H2. The predicted molar refractivity (Wildman–Crippen MR) is 84.4 cm³/mol. The van der Waals surface area contributed by atoms with Crippen LogP contribution >= 0.6 is 11.6 Å². The van der Waals surface area contributed by atoms with E-state index in [0.29, 0.717) is 0 Å². The van der Waals surface area contributed by atoms with E-state index in [1.165, 1.54) is 12.1 Å². The maximum absolute atomic E-state index is 13.2. The molecule has 4 nitrogen and oxygen atoms in total. The van der Waals surface area contributed by atoms with Crippen LogP contribution in [0.5, 0.6) is 11.5 Å². The summed E-state index contributed by atoms with van der Waals surface area (Å²) in [6.07, 6.45) is -1.18. The van der Waals surface area contributed by atoms with Crippen molar-refractivity contribution in [3.63, 3.8) is 0 Å². The first-order valence-corrected chi connectivity index (χ1v) is 9.16. The minimum Gasteiger partial charge on any atom is -0.457 e. The van der Waals surface area contributed by atoms with Gasteiger partial charge in [-0.25, -0.2) is 12.8 Å². The summed E-state index contributed by atoms with van der Waals surface area (Å²) in [4.78, 5) is -0.991. The fourth-order valence-corrected chi connectivity index (χ4v) is 4.01. The Morgan fingerprint density at radius 3 is 2.50 bits per heavy atom. The van der Waals surface area contributed by atoms with Gasteiger partial charge in [0, 0.05) is 17.2 Å². The molecule has 1 aliphatic carbocycles. The molecule has 1 atom stereocenters. The molecule has 0 saturated heterocycles. The lowest BCUT2D eigenvalue weighted by Crippen LogP contribution is -2.24. The maximum atomic E-state index is 13.2. The minimum absolute atomic E-state index is 0.0558. The molecule has 0 spiro atoms. The number of fused-ring (bicyclic) bond motifs is 1. The van der Waals surface area contributed by atoms with E-state index >= 15 is 0 Å². The van der Waals surface area contributed by atoms with E-state index in [9.17, 15) is 31.1 Å². The molecule has 10 heteroatoms. The van der Waals surface area contributed by atoms with Crippen LogP contribution in [0, 0.1) is 5.82 Å². The van der Waals surface area contributed by atoms with E-state index in [4.69, 9.17) is 16.3 Å². The highest BCUT2D eigenvalue weighted by atomic mass is 35.5. The van der Waals surface area contributed by atoms with Crippen LogP contribution in [-0.4, -0.2) is 19.0 Å². The number of hydrogen-bond donors (Lipinski definition) is 1. The number of ether oxygens (including phenoxy) is 1. The lowest BCUT2D eigenvalue weighted by Gasteiger charge is -2.17. The molecule has 0 aliphatic heterocycles. The van der Waals surface area contributed by atoms with Crippen molar-refractivity contribution in [2.24, 2.45) is 0 Å². The minimum atomic E-state index is -5.62. The predicted octanol–water partition coefficient (Wildman–Crippen LogP) is 4.54. The first-order chi connectivity index (χ1) is 12.0. The van der Waals surface area contributed by atoms with Crippen molar-refractivity contribution in [1.82, 2.24) is 0 Å². The quantitative estimate of drug-likeness (QED) is 0.754. The molecule has 0 bridgehead atoms. The largest absolute Gasteiger partial charge is 0.501 e. The van der Waals surface area contributed by atoms with E-state index in [1.807, 2.05) is 0 Å². The van der Waals surface area contributed by atoms with Crippen molar-refractivity contribution < 1.29 is 35.8 Å². The van der Waals surface area contributed by atoms with Crippen LogP contribution in [0.1, 0.15) is 23.7 Å². The Morgan fingerprint density at radius 1 is 1.19 bits per heavy atom. The molecule has 0 fully saturated rings. The summed E-state index contributed by atoms with van der Waals surface area (Å²) in [6, 6.07) is 5.31. The molecular formula is C16H11ClF4O4S. The third kappa shape index (κ3) is 3.15. The van der Waals surface area contributed by atoms with Crippen LogP contribution in [0.2, 0.25) is 5.02 Å². The Hall–Kier alpha value is -1.84. The van der Waals surface area contributed by atoms with Crippen LogP contribution in [0.4, 0.5) is 17.6 Å². The normalized spacial score (nSPS) is 17.2. The molecule has 2 aromatic carbocycles. The molecule has 0 aromatic heterocycles.